The zero-order chi connectivity index (χ0) is 16.9. The molecule has 0 heterocycles. The molecule has 0 bridgehead atoms. The number of anilines is 1. The first-order valence-electron chi connectivity index (χ1n) is 5.67. The SMILES string of the molecule is C#CC(C)Oc1cc(N/N=C/C(=O)C(F)(F)F)c(F)cc1Cl. The fourth-order valence-corrected chi connectivity index (χ4v) is 1.36. The van der Waals surface area contributed by atoms with Gasteiger partial charge in [-0.3, -0.25) is 10.2 Å². The Bertz CT molecular complexity index is 638. The number of Topliss-reactive ketones (excluding diaryl/α,β-unsaturated/α-hetero) is 1. The number of halogens is 5. The molecule has 0 aliphatic heterocycles. The third-order valence-corrected chi connectivity index (χ3v) is 2.50. The van der Waals surface area contributed by atoms with Gasteiger partial charge in [-0.25, -0.2) is 4.39 Å². The zero-order valence-electron chi connectivity index (χ0n) is 11.0. The van der Waals surface area contributed by atoms with Gasteiger partial charge in [-0.05, 0) is 13.0 Å². The maximum Gasteiger partial charge on any atom is 0.455 e. The van der Waals surface area contributed by atoms with Crippen molar-refractivity contribution in [1.82, 2.24) is 0 Å². The van der Waals surface area contributed by atoms with E-state index in [1.165, 1.54) is 6.92 Å². The number of alkyl halides is 3. The van der Waals surface area contributed by atoms with Crippen LogP contribution in [0.4, 0.5) is 23.2 Å². The van der Waals surface area contributed by atoms with Crippen molar-refractivity contribution in [3.8, 4) is 18.1 Å². The summed E-state index contributed by atoms with van der Waals surface area (Å²) in [6.45, 7) is 1.53. The summed E-state index contributed by atoms with van der Waals surface area (Å²) < 4.78 is 54.6. The standard InChI is InChI=1S/C13H9ClF4N2O2/c1-3-7(2)22-11-5-10(9(15)4-8(11)14)20-19-6-12(21)13(16,17)18/h1,4-7,20H,2H3/b19-6+. The summed E-state index contributed by atoms with van der Waals surface area (Å²) >= 11 is 5.74. The lowest BCUT2D eigenvalue weighted by Gasteiger charge is -2.12. The van der Waals surface area contributed by atoms with Gasteiger partial charge in [0, 0.05) is 6.07 Å². The van der Waals surface area contributed by atoms with E-state index in [4.69, 9.17) is 22.8 Å². The second-order valence-corrected chi connectivity index (χ2v) is 4.33. The van der Waals surface area contributed by atoms with Gasteiger partial charge in [0.1, 0.15) is 11.6 Å². The highest BCUT2D eigenvalue weighted by molar-refractivity contribution is 6.32. The Hall–Kier alpha value is -2.27. The van der Waals surface area contributed by atoms with Gasteiger partial charge in [0.25, 0.3) is 5.78 Å². The maximum absolute atomic E-state index is 13.6. The van der Waals surface area contributed by atoms with Crippen molar-refractivity contribution in [2.75, 3.05) is 5.43 Å². The Labute approximate surface area is 128 Å². The quantitative estimate of drug-likeness (QED) is 0.388. The summed E-state index contributed by atoms with van der Waals surface area (Å²) in [5, 5.41) is 2.93. The van der Waals surface area contributed by atoms with E-state index >= 15 is 0 Å². The number of rotatable bonds is 5. The first-order valence-corrected chi connectivity index (χ1v) is 6.05. The van der Waals surface area contributed by atoms with Gasteiger partial charge in [-0.15, -0.1) is 6.42 Å². The zero-order valence-corrected chi connectivity index (χ0v) is 11.8. The molecule has 1 N–H and O–H groups in total. The fraction of sp³-hybridized carbons (Fsp3) is 0.231. The van der Waals surface area contributed by atoms with Gasteiger partial charge < -0.3 is 4.74 Å². The molecule has 0 aliphatic rings. The third kappa shape index (κ3) is 4.93. The van der Waals surface area contributed by atoms with Crippen LogP contribution in [0.1, 0.15) is 6.92 Å². The van der Waals surface area contributed by atoms with Crippen LogP contribution in [-0.2, 0) is 4.79 Å². The third-order valence-electron chi connectivity index (χ3n) is 2.21. The van der Waals surface area contributed by atoms with Crippen LogP contribution in [0.3, 0.4) is 0 Å². The molecule has 1 unspecified atom stereocenters. The van der Waals surface area contributed by atoms with Gasteiger partial charge in [0.05, 0.1) is 16.9 Å². The molecule has 0 aliphatic carbocycles. The minimum absolute atomic E-state index is 0.00774. The predicted molar refractivity (Wildman–Crippen MR) is 73.5 cm³/mol. The Morgan fingerprint density at radius 3 is 2.73 bits per heavy atom. The maximum atomic E-state index is 13.6. The molecule has 0 radical (unpaired) electrons. The molecule has 4 nitrogen and oxygen atoms in total. The first kappa shape index (κ1) is 17.8. The highest BCUT2D eigenvalue weighted by atomic mass is 35.5. The highest BCUT2D eigenvalue weighted by Crippen LogP contribution is 2.31. The lowest BCUT2D eigenvalue weighted by atomic mass is 10.3. The molecule has 1 aromatic carbocycles. The Balaban J connectivity index is 2.92. The Kier molecular flexibility index (Phi) is 5.77. The summed E-state index contributed by atoms with van der Waals surface area (Å²) in [4.78, 5) is 10.6. The van der Waals surface area contributed by atoms with Crippen LogP contribution < -0.4 is 10.2 Å². The van der Waals surface area contributed by atoms with Crippen LogP contribution in [-0.4, -0.2) is 24.3 Å². The number of ether oxygens (including phenoxy) is 1. The van der Waals surface area contributed by atoms with Crippen molar-refractivity contribution in [3.05, 3.63) is 23.0 Å². The lowest BCUT2D eigenvalue weighted by molar-refractivity contribution is -0.162. The van der Waals surface area contributed by atoms with E-state index in [1.807, 2.05) is 5.43 Å². The average Bonchev–Trinajstić information content (AvgIpc) is 2.42. The highest BCUT2D eigenvalue weighted by Gasteiger charge is 2.36. The smallest absolute Gasteiger partial charge is 0.455 e. The molecule has 0 spiro atoms. The molecule has 0 aromatic heterocycles. The van der Waals surface area contributed by atoms with Crippen molar-refractivity contribution >= 4 is 29.3 Å². The number of nitrogens with one attached hydrogen (secondary N) is 1. The number of benzene rings is 1. The molecule has 1 aromatic rings. The minimum atomic E-state index is -5.06. The van der Waals surface area contributed by atoms with Crippen LogP contribution in [0.5, 0.6) is 5.75 Å². The van der Waals surface area contributed by atoms with E-state index in [1.54, 1.807) is 0 Å². The molecule has 1 rings (SSSR count). The number of ketones is 1. The average molecular weight is 337 g/mol. The summed E-state index contributed by atoms with van der Waals surface area (Å²) in [5.41, 5.74) is 1.62. The van der Waals surface area contributed by atoms with Gasteiger partial charge in [-0.1, -0.05) is 17.5 Å². The van der Waals surface area contributed by atoms with E-state index in [0.29, 0.717) is 0 Å². The van der Waals surface area contributed by atoms with E-state index < -0.39 is 23.9 Å². The number of carbonyl (C=O) groups is 1. The van der Waals surface area contributed by atoms with Gasteiger partial charge in [-0.2, -0.15) is 18.3 Å². The minimum Gasteiger partial charge on any atom is -0.476 e. The molecule has 0 saturated carbocycles. The molecule has 118 valence electrons. The first-order chi connectivity index (χ1) is 10.1. The van der Waals surface area contributed by atoms with Crippen molar-refractivity contribution in [2.24, 2.45) is 5.10 Å². The largest absolute Gasteiger partial charge is 0.476 e. The van der Waals surface area contributed by atoms with E-state index in [0.717, 1.165) is 12.1 Å². The van der Waals surface area contributed by atoms with Crippen LogP contribution in [0.15, 0.2) is 17.2 Å². The fourth-order valence-electron chi connectivity index (χ4n) is 1.16. The Morgan fingerprint density at radius 1 is 1.55 bits per heavy atom. The summed E-state index contributed by atoms with van der Waals surface area (Å²) in [7, 11) is 0. The predicted octanol–water partition coefficient (Wildman–Crippen LogP) is 3.41. The van der Waals surface area contributed by atoms with Crippen LogP contribution in [0.2, 0.25) is 5.02 Å². The second kappa shape index (κ2) is 7.13. The van der Waals surface area contributed by atoms with Crippen molar-refractivity contribution < 1.29 is 27.1 Å². The van der Waals surface area contributed by atoms with Crippen LogP contribution in [0.25, 0.3) is 0 Å². The van der Waals surface area contributed by atoms with Crippen molar-refractivity contribution in [1.29, 1.82) is 0 Å². The van der Waals surface area contributed by atoms with E-state index in [-0.39, 0.29) is 22.7 Å². The van der Waals surface area contributed by atoms with E-state index in [2.05, 4.69) is 11.0 Å². The van der Waals surface area contributed by atoms with Gasteiger partial charge >= 0.3 is 6.18 Å². The molecule has 0 amide bonds. The lowest BCUT2D eigenvalue weighted by Crippen LogP contribution is -2.24. The molecular weight excluding hydrogens is 328 g/mol. The molecule has 0 saturated heterocycles. The normalized spacial score (nSPS) is 12.8. The summed E-state index contributed by atoms with van der Waals surface area (Å²) in [6, 6.07) is 1.92. The summed E-state index contributed by atoms with van der Waals surface area (Å²) in [6.07, 6.45) is -0.615. The van der Waals surface area contributed by atoms with Crippen molar-refractivity contribution in [3.63, 3.8) is 0 Å². The molecule has 22 heavy (non-hydrogen) atoms. The number of terminal acetylenes is 1. The number of hydrazone groups is 1. The van der Waals surface area contributed by atoms with Crippen LogP contribution >= 0.6 is 11.6 Å². The number of hydrogen-bond donors (Lipinski definition) is 1. The number of hydrogen-bond acceptors (Lipinski definition) is 4. The monoisotopic (exact) mass is 336 g/mol. The molecule has 0 fully saturated rings. The van der Waals surface area contributed by atoms with E-state index in [9.17, 15) is 22.4 Å². The number of nitrogens with zero attached hydrogens (tertiary/aromatic N) is 1. The molecule has 1 atom stereocenters. The molecule has 9 heteroatoms. The van der Waals surface area contributed by atoms with Crippen LogP contribution in [0, 0.1) is 18.2 Å². The summed E-state index contributed by atoms with van der Waals surface area (Å²) in [5.74, 6) is -0.826. The van der Waals surface area contributed by atoms with Gasteiger partial charge in [0.2, 0.25) is 0 Å². The Morgan fingerprint density at radius 2 is 2.18 bits per heavy atom. The van der Waals surface area contributed by atoms with Crippen molar-refractivity contribution in [2.45, 2.75) is 19.2 Å². The molecular formula is C13H9ClF4N2O2. The second-order valence-electron chi connectivity index (χ2n) is 3.92. The topological polar surface area (TPSA) is 50.7 Å². The van der Waals surface area contributed by atoms with Gasteiger partial charge in [0.15, 0.2) is 6.10 Å². The number of carbonyl (C=O) groups excluding carboxylic acids is 1.